The fraction of sp³-hybridized carbons (Fsp3) is 0.350. The summed E-state index contributed by atoms with van der Waals surface area (Å²) in [5, 5.41) is 6.01. The highest BCUT2D eigenvalue weighted by molar-refractivity contribution is 5.95. The van der Waals surface area contributed by atoms with Crippen LogP contribution in [0.3, 0.4) is 0 Å². The molecular formula is C20H24N2O4. The zero-order valence-electron chi connectivity index (χ0n) is 14.9. The molecule has 1 amide bonds. The van der Waals surface area contributed by atoms with Gasteiger partial charge in [0.25, 0.3) is 0 Å². The minimum Gasteiger partial charge on any atom is -0.457 e. The van der Waals surface area contributed by atoms with Crippen molar-refractivity contribution < 1.29 is 19.0 Å². The van der Waals surface area contributed by atoms with Crippen molar-refractivity contribution in [2.24, 2.45) is 0 Å². The van der Waals surface area contributed by atoms with Gasteiger partial charge in [0.15, 0.2) is 0 Å². The Balaban J connectivity index is 1.53. The summed E-state index contributed by atoms with van der Waals surface area (Å²) in [6.07, 6.45) is 0.881. The van der Waals surface area contributed by atoms with E-state index in [1.54, 1.807) is 7.11 Å². The Labute approximate surface area is 153 Å². The first-order chi connectivity index (χ1) is 12.7. The first kappa shape index (κ1) is 18.4. The Morgan fingerprint density at radius 1 is 1.15 bits per heavy atom. The molecule has 1 aliphatic heterocycles. The second-order valence-corrected chi connectivity index (χ2v) is 6.08. The maximum absolute atomic E-state index is 12.2. The number of morpholine rings is 1. The molecule has 1 fully saturated rings. The smallest absolute Gasteiger partial charge is 0.243 e. The standard InChI is InChI=1S/C20H24N2O4/c1-24-12-10-15-2-6-17(7-3-15)26-18-8-4-16(5-9-18)22-20(23)19-14-25-13-11-21-19/h2-9,19,21H,10-14H2,1H3,(H,22,23). The summed E-state index contributed by atoms with van der Waals surface area (Å²) < 4.78 is 16.2. The highest BCUT2D eigenvalue weighted by Gasteiger charge is 2.20. The van der Waals surface area contributed by atoms with E-state index < -0.39 is 0 Å². The van der Waals surface area contributed by atoms with Gasteiger partial charge in [-0.15, -0.1) is 0 Å². The van der Waals surface area contributed by atoms with Gasteiger partial charge in [-0.25, -0.2) is 0 Å². The number of rotatable bonds is 7. The summed E-state index contributed by atoms with van der Waals surface area (Å²) in [6.45, 7) is 2.43. The zero-order chi connectivity index (χ0) is 18.2. The summed E-state index contributed by atoms with van der Waals surface area (Å²) >= 11 is 0. The topological polar surface area (TPSA) is 68.8 Å². The lowest BCUT2D eigenvalue weighted by atomic mass is 10.1. The molecule has 1 unspecified atom stereocenters. The summed E-state index contributed by atoms with van der Waals surface area (Å²) in [6, 6.07) is 14.9. The average Bonchev–Trinajstić information content (AvgIpc) is 2.69. The summed E-state index contributed by atoms with van der Waals surface area (Å²) in [4.78, 5) is 12.2. The number of amides is 1. The normalized spacial score (nSPS) is 16.9. The van der Waals surface area contributed by atoms with Crippen molar-refractivity contribution in [1.29, 1.82) is 0 Å². The van der Waals surface area contributed by atoms with E-state index >= 15 is 0 Å². The van der Waals surface area contributed by atoms with E-state index in [1.807, 2.05) is 48.5 Å². The third-order valence-corrected chi connectivity index (χ3v) is 4.11. The third-order valence-electron chi connectivity index (χ3n) is 4.11. The second kappa shape index (κ2) is 9.33. The highest BCUT2D eigenvalue weighted by atomic mass is 16.5. The van der Waals surface area contributed by atoms with E-state index in [4.69, 9.17) is 14.2 Å². The largest absolute Gasteiger partial charge is 0.457 e. The van der Waals surface area contributed by atoms with E-state index in [9.17, 15) is 4.79 Å². The van der Waals surface area contributed by atoms with Crippen LogP contribution in [0.2, 0.25) is 0 Å². The maximum atomic E-state index is 12.2. The molecule has 6 nitrogen and oxygen atoms in total. The first-order valence-corrected chi connectivity index (χ1v) is 8.72. The van der Waals surface area contributed by atoms with Crippen molar-refractivity contribution >= 4 is 11.6 Å². The summed E-state index contributed by atoms with van der Waals surface area (Å²) in [5.41, 5.74) is 1.93. The first-order valence-electron chi connectivity index (χ1n) is 8.72. The van der Waals surface area contributed by atoms with E-state index in [2.05, 4.69) is 10.6 Å². The predicted molar refractivity (Wildman–Crippen MR) is 99.8 cm³/mol. The van der Waals surface area contributed by atoms with Crippen LogP contribution in [0.4, 0.5) is 5.69 Å². The van der Waals surface area contributed by atoms with Gasteiger partial charge in [0.05, 0.1) is 19.8 Å². The number of hydrogen-bond acceptors (Lipinski definition) is 5. The predicted octanol–water partition coefficient (Wildman–Crippen LogP) is 2.59. The fourth-order valence-electron chi connectivity index (χ4n) is 2.65. The number of anilines is 1. The number of carbonyl (C=O) groups excluding carboxylic acids is 1. The van der Waals surface area contributed by atoms with Gasteiger partial charge >= 0.3 is 0 Å². The molecule has 138 valence electrons. The maximum Gasteiger partial charge on any atom is 0.243 e. The summed E-state index contributed by atoms with van der Waals surface area (Å²) in [7, 11) is 1.70. The molecule has 0 aromatic heterocycles. The lowest BCUT2D eigenvalue weighted by Crippen LogP contribution is -2.48. The number of carbonyl (C=O) groups is 1. The molecule has 0 aliphatic carbocycles. The molecule has 0 saturated carbocycles. The number of benzene rings is 2. The van der Waals surface area contributed by atoms with Crippen LogP contribution in [0.5, 0.6) is 11.5 Å². The quantitative estimate of drug-likeness (QED) is 0.798. The number of nitrogens with one attached hydrogen (secondary N) is 2. The third kappa shape index (κ3) is 5.29. The van der Waals surface area contributed by atoms with Crippen LogP contribution >= 0.6 is 0 Å². The summed E-state index contributed by atoms with van der Waals surface area (Å²) in [5.74, 6) is 1.39. The van der Waals surface area contributed by atoms with E-state index in [1.165, 1.54) is 5.56 Å². The minimum atomic E-state index is -0.309. The molecular weight excluding hydrogens is 332 g/mol. The van der Waals surface area contributed by atoms with Crippen LogP contribution in [-0.4, -0.2) is 45.4 Å². The lowest BCUT2D eigenvalue weighted by Gasteiger charge is -2.22. The second-order valence-electron chi connectivity index (χ2n) is 6.08. The van der Waals surface area contributed by atoms with Gasteiger partial charge in [-0.3, -0.25) is 4.79 Å². The van der Waals surface area contributed by atoms with Gasteiger partial charge in [-0.2, -0.15) is 0 Å². The molecule has 2 aromatic rings. The fourth-order valence-corrected chi connectivity index (χ4v) is 2.65. The Morgan fingerprint density at radius 2 is 1.85 bits per heavy atom. The van der Waals surface area contributed by atoms with Crippen molar-refractivity contribution in [2.75, 3.05) is 38.8 Å². The van der Waals surface area contributed by atoms with E-state index in [0.29, 0.717) is 32.1 Å². The zero-order valence-corrected chi connectivity index (χ0v) is 14.9. The molecule has 3 rings (SSSR count). The molecule has 6 heteroatoms. The van der Waals surface area contributed by atoms with Gasteiger partial charge in [0, 0.05) is 19.3 Å². The molecule has 1 atom stereocenters. The Bertz CT molecular complexity index is 695. The molecule has 26 heavy (non-hydrogen) atoms. The Hall–Kier alpha value is -2.41. The van der Waals surface area contributed by atoms with Crippen molar-refractivity contribution in [3.8, 4) is 11.5 Å². The molecule has 2 N–H and O–H groups in total. The molecule has 1 aliphatic rings. The molecule has 0 radical (unpaired) electrons. The highest BCUT2D eigenvalue weighted by Crippen LogP contribution is 2.23. The van der Waals surface area contributed by atoms with E-state index in [0.717, 1.165) is 17.9 Å². The number of ether oxygens (including phenoxy) is 3. The van der Waals surface area contributed by atoms with E-state index in [-0.39, 0.29) is 11.9 Å². The van der Waals surface area contributed by atoms with Crippen molar-refractivity contribution in [3.05, 3.63) is 54.1 Å². The molecule has 0 spiro atoms. The Morgan fingerprint density at radius 3 is 2.46 bits per heavy atom. The van der Waals surface area contributed by atoms with Gasteiger partial charge < -0.3 is 24.8 Å². The van der Waals surface area contributed by atoms with Gasteiger partial charge in [-0.1, -0.05) is 12.1 Å². The van der Waals surface area contributed by atoms with Crippen LogP contribution < -0.4 is 15.4 Å². The van der Waals surface area contributed by atoms with Crippen molar-refractivity contribution in [2.45, 2.75) is 12.5 Å². The van der Waals surface area contributed by atoms with Crippen molar-refractivity contribution in [1.82, 2.24) is 5.32 Å². The number of hydrogen-bond donors (Lipinski definition) is 2. The van der Waals surface area contributed by atoms with Gasteiger partial charge in [0.2, 0.25) is 5.91 Å². The Kier molecular flexibility index (Phi) is 6.60. The van der Waals surface area contributed by atoms with Gasteiger partial charge in [0.1, 0.15) is 17.5 Å². The SMILES string of the molecule is COCCc1ccc(Oc2ccc(NC(=O)C3COCCN3)cc2)cc1. The van der Waals surface area contributed by atoms with Crippen LogP contribution in [0, 0.1) is 0 Å². The van der Waals surface area contributed by atoms with Crippen LogP contribution in [0.1, 0.15) is 5.56 Å². The number of methoxy groups -OCH3 is 1. The molecule has 0 bridgehead atoms. The monoisotopic (exact) mass is 356 g/mol. The molecule has 1 heterocycles. The minimum absolute atomic E-state index is 0.0926. The lowest BCUT2D eigenvalue weighted by molar-refractivity contribution is -0.120. The molecule has 1 saturated heterocycles. The average molecular weight is 356 g/mol. The van der Waals surface area contributed by atoms with Crippen LogP contribution in [0.15, 0.2) is 48.5 Å². The van der Waals surface area contributed by atoms with Crippen LogP contribution in [0.25, 0.3) is 0 Å². The van der Waals surface area contributed by atoms with Gasteiger partial charge in [-0.05, 0) is 48.4 Å². The molecule has 2 aromatic carbocycles. The van der Waals surface area contributed by atoms with Crippen LogP contribution in [-0.2, 0) is 20.7 Å². The van der Waals surface area contributed by atoms with Crippen molar-refractivity contribution in [3.63, 3.8) is 0 Å².